The van der Waals surface area contributed by atoms with Gasteiger partial charge in [0.1, 0.15) is 30.0 Å². The molecule has 1 aromatic carbocycles. The number of hydrogen-bond acceptors (Lipinski definition) is 11. The number of amides is 1. The highest BCUT2D eigenvalue weighted by atomic mass is 19.3. The van der Waals surface area contributed by atoms with Crippen molar-refractivity contribution in [1.82, 2.24) is 24.9 Å². The highest BCUT2D eigenvalue weighted by Crippen LogP contribution is 2.28. The first kappa shape index (κ1) is 26.6. The lowest BCUT2D eigenvalue weighted by Gasteiger charge is -2.35. The van der Waals surface area contributed by atoms with E-state index in [1.165, 1.54) is 24.7 Å². The highest BCUT2D eigenvalue weighted by molar-refractivity contribution is 5.83. The molecule has 0 bridgehead atoms. The van der Waals surface area contributed by atoms with Crippen LogP contribution in [-0.4, -0.2) is 97.8 Å². The number of carbonyl (C=O) groups excluding carboxylic acids is 1. The maximum Gasteiger partial charge on any atom is 0.329 e. The minimum absolute atomic E-state index is 0.0651. The summed E-state index contributed by atoms with van der Waals surface area (Å²) >= 11 is 0. The molecule has 15 heteroatoms. The Hall–Kier alpha value is -4.45. The number of aliphatic hydroxyl groups is 2. The van der Waals surface area contributed by atoms with Crippen LogP contribution in [0.1, 0.15) is 12.0 Å². The maximum atomic E-state index is 14.8. The number of alkyl halides is 3. The van der Waals surface area contributed by atoms with Crippen molar-refractivity contribution in [3.8, 4) is 23.2 Å². The summed E-state index contributed by atoms with van der Waals surface area (Å²) in [5.74, 6) is -1.15. The first-order valence-corrected chi connectivity index (χ1v) is 11.4. The summed E-state index contributed by atoms with van der Waals surface area (Å²) in [6.45, 7) is 0.0165. The van der Waals surface area contributed by atoms with Gasteiger partial charge in [0.05, 0.1) is 24.7 Å². The van der Waals surface area contributed by atoms with Crippen LogP contribution >= 0.6 is 0 Å². The second kappa shape index (κ2) is 11.3. The molecule has 4 rings (SSSR count). The minimum Gasteiger partial charge on any atom is -0.510 e. The molecule has 1 amide bonds. The second-order valence-electron chi connectivity index (χ2n) is 8.51. The average molecular weight is 532 g/mol. The number of nitrogens with zero attached hydrogens (tertiary/aromatic N) is 7. The van der Waals surface area contributed by atoms with Crippen molar-refractivity contribution in [3.63, 3.8) is 0 Å². The van der Waals surface area contributed by atoms with Crippen molar-refractivity contribution in [3.05, 3.63) is 42.4 Å². The predicted molar refractivity (Wildman–Crippen MR) is 127 cm³/mol. The number of likely N-dealkylation sites (tertiary alicyclic amines) is 1. The zero-order chi connectivity index (χ0) is 27.4. The largest absolute Gasteiger partial charge is 0.510 e. The number of anilines is 1. The molecule has 3 heterocycles. The van der Waals surface area contributed by atoms with Gasteiger partial charge >= 0.3 is 6.55 Å². The van der Waals surface area contributed by atoms with Gasteiger partial charge in [-0.3, -0.25) is 4.79 Å². The molecule has 0 saturated carbocycles. The minimum atomic E-state index is -2.72. The van der Waals surface area contributed by atoms with Gasteiger partial charge in [-0.2, -0.15) is 24.1 Å². The van der Waals surface area contributed by atoms with Crippen molar-refractivity contribution >= 4 is 18.1 Å². The fourth-order valence-corrected chi connectivity index (χ4v) is 3.90. The number of piperidine rings is 1. The number of hydrazone groups is 1. The first-order chi connectivity index (χ1) is 18.2. The third kappa shape index (κ3) is 5.92. The van der Waals surface area contributed by atoms with E-state index in [9.17, 15) is 33.4 Å². The molecule has 2 aromatic rings. The van der Waals surface area contributed by atoms with Crippen LogP contribution in [0, 0.1) is 11.3 Å². The number of aromatic nitrogens is 3. The molecule has 1 aromatic heterocycles. The number of rotatable bonds is 8. The summed E-state index contributed by atoms with van der Waals surface area (Å²) in [5, 5.41) is 35.6. The Bertz CT molecular complexity index is 1270. The van der Waals surface area contributed by atoms with Crippen LogP contribution in [0.15, 0.2) is 42.0 Å². The summed E-state index contributed by atoms with van der Waals surface area (Å²) in [5.41, 5.74) is 0.523. The van der Waals surface area contributed by atoms with Crippen LogP contribution < -0.4 is 10.1 Å². The average Bonchev–Trinajstić information content (AvgIpc) is 3.38. The van der Waals surface area contributed by atoms with Gasteiger partial charge in [0.2, 0.25) is 5.95 Å². The zero-order valence-corrected chi connectivity index (χ0v) is 19.8. The summed E-state index contributed by atoms with van der Waals surface area (Å²) in [4.78, 5) is 25.5. The molecular weight excluding hydrogens is 509 g/mol. The van der Waals surface area contributed by atoms with E-state index in [0.717, 1.165) is 4.90 Å². The molecule has 1 fully saturated rings. The van der Waals surface area contributed by atoms with Crippen LogP contribution in [-0.2, 0) is 4.79 Å². The van der Waals surface area contributed by atoms with Gasteiger partial charge < -0.3 is 25.2 Å². The summed E-state index contributed by atoms with van der Waals surface area (Å²) in [6.07, 6.45) is -1.78. The molecule has 0 radical (unpaired) electrons. The Morgan fingerprint density at radius 1 is 1.32 bits per heavy atom. The molecule has 38 heavy (non-hydrogen) atoms. The number of benzene rings is 1. The first-order valence-electron chi connectivity index (χ1n) is 11.4. The van der Waals surface area contributed by atoms with Gasteiger partial charge in [-0.05, 0) is 18.2 Å². The molecule has 12 nitrogen and oxygen atoms in total. The van der Waals surface area contributed by atoms with E-state index in [-0.39, 0.29) is 49.1 Å². The van der Waals surface area contributed by atoms with E-state index in [1.807, 2.05) is 6.07 Å². The van der Waals surface area contributed by atoms with E-state index >= 15 is 0 Å². The van der Waals surface area contributed by atoms with Crippen molar-refractivity contribution in [2.75, 3.05) is 25.0 Å². The monoisotopic (exact) mass is 532 g/mol. The van der Waals surface area contributed by atoms with Crippen molar-refractivity contribution < 1.29 is 32.9 Å². The van der Waals surface area contributed by atoms with Crippen molar-refractivity contribution in [2.24, 2.45) is 5.10 Å². The van der Waals surface area contributed by atoms with E-state index in [0.29, 0.717) is 10.6 Å². The highest BCUT2D eigenvalue weighted by Gasteiger charge is 2.36. The van der Waals surface area contributed by atoms with Crippen LogP contribution in [0.25, 0.3) is 11.4 Å². The van der Waals surface area contributed by atoms with Crippen LogP contribution in [0.3, 0.4) is 0 Å². The standard InChI is InChI=1S/C23H23F3N8O4/c1-12(35)19(36)21(37)33-5-4-18(16(24)10-33)38-17-3-2-13(6-14(17)7-27)20-28-11-29-23(32-20)31-15-8-30-34(9-15)22(25)26/h2-3,6,8,11,15-16,18-19,22,35-36H,1,4-5,9-10H2,(H,28,29,31,32)/t15?,16-,18+,19+/m1/s1. The number of nitriles is 1. The lowest BCUT2D eigenvalue weighted by Crippen LogP contribution is -2.52. The Morgan fingerprint density at radius 2 is 2.11 bits per heavy atom. The fourth-order valence-electron chi connectivity index (χ4n) is 3.90. The Labute approximate surface area is 214 Å². The maximum absolute atomic E-state index is 14.8. The van der Waals surface area contributed by atoms with Gasteiger partial charge in [-0.25, -0.2) is 19.4 Å². The predicted octanol–water partition coefficient (Wildman–Crippen LogP) is 1.47. The van der Waals surface area contributed by atoms with Crippen LogP contribution in [0.5, 0.6) is 5.75 Å². The summed E-state index contributed by atoms with van der Waals surface area (Å²) in [7, 11) is 0. The van der Waals surface area contributed by atoms with E-state index in [1.54, 1.807) is 6.07 Å². The molecule has 4 atom stereocenters. The Kier molecular flexibility index (Phi) is 7.91. The lowest BCUT2D eigenvalue weighted by atomic mass is 10.0. The normalized spacial score (nSPS) is 21.7. The van der Waals surface area contributed by atoms with Crippen LogP contribution in [0.2, 0.25) is 0 Å². The molecule has 0 aliphatic carbocycles. The lowest BCUT2D eigenvalue weighted by molar-refractivity contribution is -0.143. The molecular formula is C23H23F3N8O4. The van der Waals surface area contributed by atoms with E-state index in [2.05, 4.69) is 31.9 Å². The smallest absolute Gasteiger partial charge is 0.329 e. The van der Waals surface area contributed by atoms with E-state index < -0.39 is 42.6 Å². The Morgan fingerprint density at radius 3 is 2.76 bits per heavy atom. The molecule has 0 spiro atoms. The molecule has 3 N–H and O–H groups in total. The number of hydrogen-bond donors (Lipinski definition) is 3. The molecule has 1 saturated heterocycles. The molecule has 1 unspecified atom stereocenters. The van der Waals surface area contributed by atoms with Crippen LogP contribution in [0.4, 0.5) is 19.1 Å². The number of ether oxygens (including phenoxy) is 1. The molecule has 2 aliphatic rings. The quantitative estimate of drug-likeness (QED) is 0.335. The second-order valence-corrected chi connectivity index (χ2v) is 8.51. The van der Waals surface area contributed by atoms with Crippen molar-refractivity contribution in [1.29, 1.82) is 5.26 Å². The van der Waals surface area contributed by atoms with Crippen molar-refractivity contribution in [2.45, 2.75) is 37.4 Å². The van der Waals surface area contributed by atoms with Gasteiger partial charge in [-0.1, -0.05) is 6.58 Å². The van der Waals surface area contributed by atoms with Gasteiger partial charge in [0.25, 0.3) is 5.91 Å². The number of carbonyl (C=O) groups is 1. The molecule has 2 aliphatic heterocycles. The SMILES string of the molecule is C=C(O)[C@H](O)C(=O)N1CC[C@H](Oc2ccc(-c3ncnc(NC4C=NN(C(F)F)C4)n3)cc2C#N)[C@H](F)C1. The fraction of sp³-hybridized carbons (Fsp3) is 0.391. The van der Waals surface area contributed by atoms with E-state index in [4.69, 9.17) is 4.74 Å². The molecule has 200 valence electrons. The number of halogens is 3. The third-order valence-electron chi connectivity index (χ3n) is 5.87. The van der Waals surface area contributed by atoms with Gasteiger partial charge in [-0.15, -0.1) is 0 Å². The summed E-state index contributed by atoms with van der Waals surface area (Å²) in [6, 6.07) is 5.95. The topological polar surface area (TPSA) is 160 Å². The number of aliphatic hydroxyl groups excluding tert-OH is 2. The Balaban J connectivity index is 1.42. The number of nitrogens with one attached hydrogen (secondary N) is 1. The third-order valence-corrected chi connectivity index (χ3v) is 5.87. The summed E-state index contributed by atoms with van der Waals surface area (Å²) < 4.78 is 46.1. The van der Waals surface area contributed by atoms with Gasteiger partial charge in [0.15, 0.2) is 18.1 Å². The van der Waals surface area contributed by atoms with Gasteiger partial charge in [0, 0.05) is 24.7 Å². The zero-order valence-electron chi connectivity index (χ0n) is 19.8.